The summed E-state index contributed by atoms with van der Waals surface area (Å²) in [6.07, 6.45) is 9.56. The van der Waals surface area contributed by atoms with E-state index in [0.717, 1.165) is 17.7 Å². The van der Waals surface area contributed by atoms with Crippen LogP contribution in [0.25, 0.3) is 0 Å². The number of amides is 1. The highest BCUT2D eigenvalue weighted by atomic mass is 16.1. The van der Waals surface area contributed by atoms with Gasteiger partial charge in [-0.25, -0.2) is 0 Å². The summed E-state index contributed by atoms with van der Waals surface area (Å²) < 4.78 is 0. The number of carbonyl (C=O) groups excluding carboxylic acids is 1. The van der Waals surface area contributed by atoms with Gasteiger partial charge in [0, 0.05) is 12.1 Å². The molecule has 0 atom stereocenters. The zero-order valence-corrected chi connectivity index (χ0v) is 6.13. The van der Waals surface area contributed by atoms with Crippen LogP contribution in [0, 0.1) is 0 Å². The molecule has 0 unspecified atom stereocenters. The first-order valence-corrected chi connectivity index (χ1v) is 3.73. The standard InChI is InChI=1S/C9H9NO/c11-9-6-5-7-3-1-2-4-8(7)10-9/h1,3-5H,2,6H2,(H,10,11). The molecule has 56 valence electrons. The molecule has 2 nitrogen and oxygen atoms in total. The Labute approximate surface area is 65.3 Å². The average Bonchev–Trinajstić information content (AvgIpc) is 2.04. The molecule has 0 aromatic carbocycles. The Kier molecular flexibility index (Phi) is 1.39. The summed E-state index contributed by atoms with van der Waals surface area (Å²) in [7, 11) is 0. The van der Waals surface area contributed by atoms with Gasteiger partial charge in [-0.3, -0.25) is 4.79 Å². The van der Waals surface area contributed by atoms with Gasteiger partial charge >= 0.3 is 0 Å². The molecule has 2 rings (SSSR count). The maximum absolute atomic E-state index is 10.9. The molecule has 1 heterocycles. The van der Waals surface area contributed by atoms with Crippen LogP contribution in [0.1, 0.15) is 12.8 Å². The Bertz CT molecular complexity index is 284. The second kappa shape index (κ2) is 2.38. The summed E-state index contributed by atoms with van der Waals surface area (Å²) in [5.41, 5.74) is 2.12. The lowest BCUT2D eigenvalue weighted by atomic mass is 10.0. The number of allylic oxidation sites excluding steroid dienone is 3. The van der Waals surface area contributed by atoms with Gasteiger partial charge in [-0.2, -0.15) is 0 Å². The van der Waals surface area contributed by atoms with Crippen LogP contribution in [0.4, 0.5) is 0 Å². The molecule has 11 heavy (non-hydrogen) atoms. The molecule has 2 aliphatic rings. The van der Waals surface area contributed by atoms with Gasteiger partial charge in [-0.05, 0) is 12.0 Å². The molecule has 0 spiro atoms. The molecule has 1 N–H and O–H groups in total. The highest BCUT2D eigenvalue weighted by molar-refractivity contribution is 5.83. The molecule has 2 heteroatoms. The molecule has 0 saturated heterocycles. The van der Waals surface area contributed by atoms with Crippen molar-refractivity contribution in [1.82, 2.24) is 5.32 Å². The highest BCUT2D eigenvalue weighted by Crippen LogP contribution is 2.19. The first-order valence-electron chi connectivity index (χ1n) is 3.73. The van der Waals surface area contributed by atoms with Crippen LogP contribution in [0.5, 0.6) is 0 Å². The molecule has 0 aromatic heterocycles. The Morgan fingerprint density at radius 3 is 3.18 bits per heavy atom. The third kappa shape index (κ3) is 1.11. The largest absolute Gasteiger partial charge is 0.326 e. The lowest BCUT2D eigenvalue weighted by Crippen LogP contribution is -2.26. The molecule has 0 radical (unpaired) electrons. The minimum Gasteiger partial charge on any atom is -0.326 e. The molecule has 0 fully saturated rings. The fourth-order valence-corrected chi connectivity index (χ4v) is 1.29. The fraction of sp³-hybridized carbons (Fsp3) is 0.222. The Morgan fingerprint density at radius 2 is 2.27 bits per heavy atom. The molecule has 1 amide bonds. The van der Waals surface area contributed by atoms with Gasteiger partial charge in [-0.15, -0.1) is 0 Å². The topological polar surface area (TPSA) is 29.1 Å². The van der Waals surface area contributed by atoms with Gasteiger partial charge < -0.3 is 5.32 Å². The van der Waals surface area contributed by atoms with Gasteiger partial charge in [0.05, 0.1) is 0 Å². The van der Waals surface area contributed by atoms with Gasteiger partial charge in [-0.1, -0.05) is 24.3 Å². The second-order valence-corrected chi connectivity index (χ2v) is 2.67. The number of hydrogen-bond acceptors (Lipinski definition) is 1. The molecule has 1 aliphatic heterocycles. The lowest BCUT2D eigenvalue weighted by Gasteiger charge is -2.17. The van der Waals surface area contributed by atoms with E-state index in [1.165, 1.54) is 0 Å². The van der Waals surface area contributed by atoms with Crippen molar-refractivity contribution >= 4 is 5.91 Å². The summed E-state index contributed by atoms with van der Waals surface area (Å²) in [6.45, 7) is 0. The normalized spacial score (nSPS) is 21.6. The third-order valence-corrected chi connectivity index (χ3v) is 1.85. The maximum atomic E-state index is 10.9. The van der Waals surface area contributed by atoms with Crippen LogP contribution >= 0.6 is 0 Å². The first kappa shape index (κ1) is 6.40. The number of hydrogen-bond donors (Lipinski definition) is 1. The minimum absolute atomic E-state index is 0.0929. The molecule has 1 aliphatic carbocycles. The van der Waals surface area contributed by atoms with E-state index in [4.69, 9.17) is 0 Å². The van der Waals surface area contributed by atoms with Crippen molar-refractivity contribution in [3.63, 3.8) is 0 Å². The van der Waals surface area contributed by atoms with E-state index >= 15 is 0 Å². The predicted octanol–water partition coefficient (Wildman–Crippen LogP) is 1.28. The van der Waals surface area contributed by atoms with Crippen LogP contribution in [0.3, 0.4) is 0 Å². The van der Waals surface area contributed by atoms with E-state index in [9.17, 15) is 4.79 Å². The van der Waals surface area contributed by atoms with Gasteiger partial charge in [0.1, 0.15) is 0 Å². The van der Waals surface area contributed by atoms with Gasteiger partial charge in [0.25, 0.3) is 0 Å². The van der Waals surface area contributed by atoms with E-state index in [0.29, 0.717) is 6.42 Å². The van der Waals surface area contributed by atoms with Crippen LogP contribution in [-0.4, -0.2) is 5.91 Å². The number of fused-ring (bicyclic) bond motifs is 1. The second-order valence-electron chi connectivity index (χ2n) is 2.67. The van der Waals surface area contributed by atoms with Crippen molar-refractivity contribution in [2.75, 3.05) is 0 Å². The molecular formula is C9H9NO. The summed E-state index contributed by atoms with van der Waals surface area (Å²) in [6, 6.07) is 0. The Balaban J connectivity index is 2.35. The van der Waals surface area contributed by atoms with Crippen molar-refractivity contribution in [2.24, 2.45) is 0 Å². The van der Waals surface area contributed by atoms with E-state index in [1.54, 1.807) is 0 Å². The number of rotatable bonds is 0. The Morgan fingerprint density at radius 1 is 1.36 bits per heavy atom. The van der Waals surface area contributed by atoms with Crippen molar-refractivity contribution in [3.8, 4) is 0 Å². The smallest absolute Gasteiger partial charge is 0.228 e. The summed E-state index contributed by atoms with van der Waals surface area (Å²) in [4.78, 5) is 10.9. The SMILES string of the molecule is O=C1CC=C2C=CCC=C2N1. The van der Waals surface area contributed by atoms with Crippen molar-refractivity contribution in [3.05, 3.63) is 35.6 Å². The molecule has 0 saturated carbocycles. The van der Waals surface area contributed by atoms with Gasteiger partial charge in [0.2, 0.25) is 5.91 Å². The zero-order chi connectivity index (χ0) is 7.68. The quantitative estimate of drug-likeness (QED) is 0.549. The van der Waals surface area contributed by atoms with E-state index in [2.05, 4.69) is 17.5 Å². The fourth-order valence-electron chi connectivity index (χ4n) is 1.29. The average molecular weight is 147 g/mol. The van der Waals surface area contributed by atoms with Crippen LogP contribution in [-0.2, 0) is 4.79 Å². The van der Waals surface area contributed by atoms with Crippen molar-refractivity contribution < 1.29 is 4.79 Å². The maximum Gasteiger partial charge on any atom is 0.228 e. The predicted molar refractivity (Wildman–Crippen MR) is 42.7 cm³/mol. The summed E-state index contributed by atoms with van der Waals surface area (Å²) in [5.74, 6) is 0.0929. The van der Waals surface area contributed by atoms with Crippen molar-refractivity contribution in [1.29, 1.82) is 0 Å². The van der Waals surface area contributed by atoms with Crippen LogP contribution in [0.15, 0.2) is 35.6 Å². The lowest BCUT2D eigenvalue weighted by molar-refractivity contribution is -0.119. The molecule has 0 bridgehead atoms. The van der Waals surface area contributed by atoms with E-state index in [-0.39, 0.29) is 5.91 Å². The zero-order valence-electron chi connectivity index (χ0n) is 6.13. The third-order valence-electron chi connectivity index (χ3n) is 1.85. The van der Waals surface area contributed by atoms with Gasteiger partial charge in [0.15, 0.2) is 0 Å². The van der Waals surface area contributed by atoms with E-state index in [1.807, 2.05) is 12.2 Å². The first-order chi connectivity index (χ1) is 5.36. The minimum atomic E-state index is 0.0929. The monoisotopic (exact) mass is 147 g/mol. The molecule has 0 aromatic rings. The summed E-state index contributed by atoms with van der Waals surface area (Å²) >= 11 is 0. The summed E-state index contributed by atoms with van der Waals surface area (Å²) in [5, 5.41) is 2.82. The van der Waals surface area contributed by atoms with Crippen LogP contribution in [0.2, 0.25) is 0 Å². The molecular weight excluding hydrogens is 138 g/mol. The van der Waals surface area contributed by atoms with Crippen molar-refractivity contribution in [2.45, 2.75) is 12.8 Å². The Hall–Kier alpha value is -1.31. The number of carbonyl (C=O) groups is 1. The van der Waals surface area contributed by atoms with E-state index < -0.39 is 0 Å². The van der Waals surface area contributed by atoms with Crippen LogP contribution < -0.4 is 5.32 Å². The highest BCUT2D eigenvalue weighted by Gasteiger charge is 2.13. The number of nitrogens with one attached hydrogen (secondary N) is 1.